The van der Waals surface area contributed by atoms with Gasteiger partial charge in [0.2, 0.25) is 0 Å². The van der Waals surface area contributed by atoms with Crippen LogP contribution in [0.3, 0.4) is 0 Å². The fraction of sp³-hybridized carbons (Fsp3) is 0.500. The van der Waals surface area contributed by atoms with Crippen molar-refractivity contribution in [3.8, 4) is 5.75 Å². The summed E-state index contributed by atoms with van der Waals surface area (Å²) in [5.41, 5.74) is 1.30. The molecule has 1 heterocycles. The molecule has 120 valence electrons. The molecular formula is C16H26Cl2N2O. The van der Waals surface area contributed by atoms with Crippen LogP contribution in [0.4, 0.5) is 0 Å². The molecule has 0 aliphatic carbocycles. The second-order valence-electron chi connectivity index (χ2n) is 4.91. The molecule has 0 radical (unpaired) electrons. The molecule has 0 spiro atoms. The second kappa shape index (κ2) is 10.9. The number of piperazine rings is 1. The van der Waals surface area contributed by atoms with Gasteiger partial charge in [-0.3, -0.25) is 4.90 Å². The first kappa shape index (κ1) is 20.3. The molecule has 1 N–H and O–H groups in total. The van der Waals surface area contributed by atoms with Crippen LogP contribution in [0.15, 0.2) is 36.9 Å². The van der Waals surface area contributed by atoms with Gasteiger partial charge in [-0.1, -0.05) is 24.3 Å². The smallest absolute Gasteiger partial charge is 0.123 e. The van der Waals surface area contributed by atoms with Crippen molar-refractivity contribution >= 4 is 24.8 Å². The monoisotopic (exact) mass is 332 g/mol. The van der Waals surface area contributed by atoms with E-state index in [1.165, 1.54) is 5.56 Å². The lowest BCUT2D eigenvalue weighted by atomic mass is 9.98. The van der Waals surface area contributed by atoms with Crippen LogP contribution in [0.1, 0.15) is 24.4 Å². The van der Waals surface area contributed by atoms with Crippen LogP contribution in [0.5, 0.6) is 5.75 Å². The summed E-state index contributed by atoms with van der Waals surface area (Å²) in [6, 6.07) is 8.80. The quantitative estimate of drug-likeness (QED) is 0.807. The normalized spacial score (nSPS) is 16.2. The number of halogens is 2. The average molecular weight is 333 g/mol. The minimum Gasteiger partial charge on any atom is -0.496 e. The molecule has 5 heteroatoms. The number of benzene rings is 1. The minimum atomic E-state index is 0. The highest BCUT2D eigenvalue weighted by atomic mass is 35.5. The first-order valence-corrected chi connectivity index (χ1v) is 7.05. The fourth-order valence-electron chi connectivity index (χ4n) is 2.75. The van der Waals surface area contributed by atoms with Gasteiger partial charge in [0, 0.05) is 37.8 Å². The first-order valence-electron chi connectivity index (χ1n) is 7.05. The first-order chi connectivity index (χ1) is 9.36. The topological polar surface area (TPSA) is 24.5 Å². The summed E-state index contributed by atoms with van der Waals surface area (Å²) >= 11 is 0. The maximum absolute atomic E-state index is 5.53. The average Bonchev–Trinajstić information content (AvgIpc) is 2.49. The SMILES string of the molecule is C=CCC[C@H](c1ccccc1OC)N1CCNCC1.Cl.Cl. The Morgan fingerprint density at radius 2 is 1.95 bits per heavy atom. The van der Waals surface area contributed by atoms with E-state index < -0.39 is 0 Å². The number of nitrogens with one attached hydrogen (secondary N) is 1. The van der Waals surface area contributed by atoms with E-state index in [4.69, 9.17) is 4.74 Å². The number of para-hydroxylation sites is 1. The number of rotatable bonds is 6. The van der Waals surface area contributed by atoms with Gasteiger partial charge in [-0.05, 0) is 18.9 Å². The predicted octanol–water partition coefficient (Wildman–Crippen LogP) is 3.45. The molecule has 0 aromatic heterocycles. The molecule has 1 aromatic carbocycles. The Morgan fingerprint density at radius 1 is 1.29 bits per heavy atom. The Morgan fingerprint density at radius 3 is 2.57 bits per heavy atom. The summed E-state index contributed by atoms with van der Waals surface area (Å²) < 4.78 is 5.53. The molecule has 21 heavy (non-hydrogen) atoms. The van der Waals surface area contributed by atoms with Crippen LogP contribution in [-0.2, 0) is 0 Å². The van der Waals surface area contributed by atoms with E-state index in [9.17, 15) is 0 Å². The highest BCUT2D eigenvalue weighted by molar-refractivity contribution is 5.85. The van der Waals surface area contributed by atoms with Crippen LogP contribution in [-0.4, -0.2) is 38.2 Å². The number of ether oxygens (including phenoxy) is 1. The van der Waals surface area contributed by atoms with Gasteiger partial charge in [0.15, 0.2) is 0 Å². The van der Waals surface area contributed by atoms with E-state index >= 15 is 0 Å². The van der Waals surface area contributed by atoms with Crippen molar-refractivity contribution in [1.29, 1.82) is 0 Å². The number of nitrogens with zero attached hydrogens (tertiary/aromatic N) is 1. The van der Waals surface area contributed by atoms with Crippen molar-refractivity contribution in [2.24, 2.45) is 0 Å². The summed E-state index contributed by atoms with van der Waals surface area (Å²) in [6.07, 6.45) is 4.14. The molecule has 1 aliphatic heterocycles. The van der Waals surface area contributed by atoms with E-state index in [0.717, 1.165) is 44.8 Å². The molecule has 0 saturated carbocycles. The molecular weight excluding hydrogens is 307 g/mol. The maximum atomic E-state index is 5.53. The van der Waals surface area contributed by atoms with Gasteiger partial charge < -0.3 is 10.1 Å². The molecule has 3 nitrogen and oxygen atoms in total. The van der Waals surface area contributed by atoms with Crippen LogP contribution in [0.25, 0.3) is 0 Å². The Kier molecular flexibility index (Phi) is 10.5. The zero-order chi connectivity index (χ0) is 13.5. The van der Waals surface area contributed by atoms with E-state index in [1.54, 1.807) is 7.11 Å². The lowest BCUT2D eigenvalue weighted by Gasteiger charge is -2.35. The molecule has 1 fully saturated rings. The molecule has 1 saturated heterocycles. The molecule has 2 rings (SSSR count). The Balaban J connectivity index is 0.00000200. The third-order valence-electron chi connectivity index (χ3n) is 3.73. The molecule has 0 unspecified atom stereocenters. The lowest BCUT2D eigenvalue weighted by Crippen LogP contribution is -2.45. The highest BCUT2D eigenvalue weighted by Gasteiger charge is 2.23. The summed E-state index contributed by atoms with van der Waals surface area (Å²) in [5.74, 6) is 0.995. The molecule has 1 aliphatic rings. The van der Waals surface area contributed by atoms with Crippen molar-refractivity contribution in [3.05, 3.63) is 42.5 Å². The van der Waals surface area contributed by atoms with Gasteiger partial charge in [0.1, 0.15) is 5.75 Å². The van der Waals surface area contributed by atoms with Crippen molar-refractivity contribution in [2.45, 2.75) is 18.9 Å². The van der Waals surface area contributed by atoms with Crippen LogP contribution in [0, 0.1) is 0 Å². The Labute approximate surface area is 140 Å². The summed E-state index contributed by atoms with van der Waals surface area (Å²) in [5, 5.41) is 3.41. The van der Waals surface area contributed by atoms with Crippen LogP contribution < -0.4 is 10.1 Å². The van der Waals surface area contributed by atoms with Crippen LogP contribution >= 0.6 is 24.8 Å². The zero-order valence-electron chi connectivity index (χ0n) is 12.6. The van der Waals surface area contributed by atoms with Gasteiger partial charge in [-0.15, -0.1) is 31.4 Å². The van der Waals surface area contributed by atoms with Crippen molar-refractivity contribution in [3.63, 3.8) is 0 Å². The highest BCUT2D eigenvalue weighted by Crippen LogP contribution is 2.32. The number of allylic oxidation sites excluding steroid dienone is 1. The van der Waals surface area contributed by atoms with Crippen molar-refractivity contribution in [1.82, 2.24) is 10.2 Å². The standard InChI is InChI=1S/C16H24N2O.2ClH/c1-3-4-8-15(18-12-10-17-11-13-18)14-7-5-6-9-16(14)19-2;;/h3,5-7,9,15,17H,1,4,8,10-13H2,2H3;2*1H/t15-;;/m1../s1. The lowest BCUT2D eigenvalue weighted by molar-refractivity contribution is 0.163. The Bertz CT molecular complexity index is 409. The van der Waals surface area contributed by atoms with Gasteiger partial charge >= 0.3 is 0 Å². The second-order valence-corrected chi connectivity index (χ2v) is 4.91. The third kappa shape index (κ3) is 5.51. The fourth-order valence-corrected chi connectivity index (χ4v) is 2.75. The molecule has 0 bridgehead atoms. The van der Waals surface area contributed by atoms with E-state index in [-0.39, 0.29) is 24.8 Å². The number of methoxy groups -OCH3 is 1. The van der Waals surface area contributed by atoms with Gasteiger partial charge in [-0.25, -0.2) is 0 Å². The summed E-state index contributed by atoms with van der Waals surface area (Å²) in [7, 11) is 1.75. The number of hydrogen-bond acceptors (Lipinski definition) is 3. The molecule has 1 atom stereocenters. The molecule has 1 aromatic rings. The van der Waals surface area contributed by atoms with E-state index in [2.05, 4.69) is 35.0 Å². The summed E-state index contributed by atoms with van der Waals surface area (Å²) in [6.45, 7) is 8.18. The maximum Gasteiger partial charge on any atom is 0.123 e. The van der Waals surface area contributed by atoms with Crippen LogP contribution in [0.2, 0.25) is 0 Å². The van der Waals surface area contributed by atoms with Gasteiger partial charge in [0.05, 0.1) is 7.11 Å². The minimum absolute atomic E-state index is 0. The predicted molar refractivity (Wildman–Crippen MR) is 94.1 cm³/mol. The largest absolute Gasteiger partial charge is 0.496 e. The van der Waals surface area contributed by atoms with E-state index in [1.807, 2.05) is 12.1 Å². The number of hydrogen-bond donors (Lipinski definition) is 1. The van der Waals surface area contributed by atoms with Crippen molar-refractivity contribution < 1.29 is 4.74 Å². The zero-order valence-corrected chi connectivity index (χ0v) is 14.2. The van der Waals surface area contributed by atoms with Gasteiger partial charge in [-0.2, -0.15) is 0 Å². The van der Waals surface area contributed by atoms with E-state index in [0.29, 0.717) is 6.04 Å². The summed E-state index contributed by atoms with van der Waals surface area (Å²) in [4.78, 5) is 2.55. The Hall–Kier alpha value is -0.740. The van der Waals surface area contributed by atoms with Gasteiger partial charge in [0.25, 0.3) is 0 Å². The van der Waals surface area contributed by atoms with Crippen molar-refractivity contribution in [2.75, 3.05) is 33.3 Å². The molecule has 0 amide bonds. The third-order valence-corrected chi connectivity index (χ3v) is 3.73.